The molecule has 1 rings (SSSR count). The Hall–Kier alpha value is -0.120. The van der Waals surface area contributed by atoms with E-state index in [1.54, 1.807) is 7.11 Å². The zero-order valence-corrected chi connectivity index (χ0v) is 10.3. The van der Waals surface area contributed by atoms with Crippen molar-refractivity contribution in [3.8, 4) is 0 Å². The number of ether oxygens (including phenoxy) is 2. The third kappa shape index (κ3) is 5.50. The third-order valence-electron chi connectivity index (χ3n) is 2.93. The van der Waals surface area contributed by atoms with Gasteiger partial charge in [-0.2, -0.15) is 0 Å². The van der Waals surface area contributed by atoms with Crippen molar-refractivity contribution in [2.24, 2.45) is 5.92 Å². The fraction of sp³-hybridized carbons (Fsp3) is 1.00. The van der Waals surface area contributed by atoms with Gasteiger partial charge in [0.25, 0.3) is 0 Å². The standard InChI is InChI=1S/C12H25NO2/c1-4-12(11-5-6-11)13-10(2)9-15-8-7-14-3/h10-13H,4-9H2,1-3H3. The van der Waals surface area contributed by atoms with E-state index >= 15 is 0 Å². The summed E-state index contributed by atoms with van der Waals surface area (Å²) < 4.78 is 10.4. The SMILES string of the molecule is CCC(NC(C)COCCOC)C1CC1. The van der Waals surface area contributed by atoms with Gasteiger partial charge in [-0.15, -0.1) is 0 Å². The Labute approximate surface area is 93.5 Å². The Morgan fingerprint density at radius 1 is 1.33 bits per heavy atom. The van der Waals surface area contributed by atoms with Gasteiger partial charge < -0.3 is 14.8 Å². The predicted octanol–water partition coefficient (Wildman–Crippen LogP) is 1.82. The van der Waals surface area contributed by atoms with Crippen molar-refractivity contribution >= 4 is 0 Å². The molecule has 0 spiro atoms. The van der Waals surface area contributed by atoms with Crippen molar-refractivity contribution in [2.45, 2.75) is 45.2 Å². The topological polar surface area (TPSA) is 30.5 Å². The fourth-order valence-electron chi connectivity index (χ4n) is 1.90. The molecular weight excluding hydrogens is 190 g/mol. The highest BCUT2D eigenvalue weighted by molar-refractivity contribution is 4.86. The third-order valence-corrected chi connectivity index (χ3v) is 2.93. The average molecular weight is 215 g/mol. The Kier molecular flexibility index (Phi) is 6.22. The Balaban J connectivity index is 2.02. The van der Waals surface area contributed by atoms with Crippen LogP contribution in [-0.4, -0.2) is 39.0 Å². The van der Waals surface area contributed by atoms with Crippen LogP contribution in [0.25, 0.3) is 0 Å². The second kappa shape index (κ2) is 7.20. The molecule has 90 valence electrons. The summed E-state index contributed by atoms with van der Waals surface area (Å²) in [5.41, 5.74) is 0. The van der Waals surface area contributed by atoms with E-state index in [0.29, 0.717) is 25.3 Å². The molecule has 1 fully saturated rings. The van der Waals surface area contributed by atoms with E-state index in [2.05, 4.69) is 19.2 Å². The summed E-state index contributed by atoms with van der Waals surface area (Å²) in [5.74, 6) is 0.927. The van der Waals surface area contributed by atoms with Crippen LogP contribution in [0.1, 0.15) is 33.1 Å². The van der Waals surface area contributed by atoms with Crippen molar-refractivity contribution in [1.29, 1.82) is 0 Å². The van der Waals surface area contributed by atoms with Gasteiger partial charge in [0.15, 0.2) is 0 Å². The molecule has 1 aliphatic carbocycles. The number of methoxy groups -OCH3 is 1. The summed E-state index contributed by atoms with van der Waals surface area (Å²) in [6.07, 6.45) is 4.04. The van der Waals surface area contributed by atoms with Crippen LogP contribution in [0.15, 0.2) is 0 Å². The molecule has 0 saturated heterocycles. The number of rotatable bonds is 9. The molecule has 3 heteroatoms. The number of nitrogens with one attached hydrogen (secondary N) is 1. The van der Waals surface area contributed by atoms with Gasteiger partial charge in [0, 0.05) is 19.2 Å². The van der Waals surface area contributed by atoms with E-state index < -0.39 is 0 Å². The van der Waals surface area contributed by atoms with Crippen LogP contribution >= 0.6 is 0 Å². The molecule has 3 nitrogen and oxygen atoms in total. The van der Waals surface area contributed by atoms with Crippen molar-refractivity contribution in [2.75, 3.05) is 26.9 Å². The minimum absolute atomic E-state index is 0.451. The van der Waals surface area contributed by atoms with Crippen LogP contribution in [0, 0.1) is 5.92 Å². The number of hydrogen-bond donors (Lipinski definition) is 1. The second-order valence-electron chi connectivity index (χ2n) is 4.49. The summed E-state index contributed by atoms with van der Waals surface area (Å²) in [5, 5.41) is 3.64. The molecule has 15 heavy (non-hydrogen) atoms. The molecule has 1 aliphatic rings. The highest BCUT2D eigenvalue weighted by Crippen LogP contribution is 2.34. The molecule has 0 amide bonds. The van der Waals surface area contributed by atoms with Gasteiger partial charge in [-0.3, -0.25) is 0 Å². The number of hydrogen-bond acceptors (Lipinski definition) is 3. The van der Waals surface area contributed by atoms with Crippen LogP contribution in [0.3, 0.4) is 0 Å². The van der Waals surface area contributed by atoms with E-state index in [9.17, 15) is 0 Å². The van der Waals surface area contributed by atoms with E-state index in [-0.39, 0.29) is 0 Å². The van der Waals surface area contributed by atoms with Gasteiger partial charge >= 0.3 is 0 Å². The minimum Gasteiger partial charge on any atom is -0.382 e. The molecule has 2 unspecified atom stereocenters. The van der Waals surface area contributed by atoms with Gasteiger partial charge in [0.1, 0.15) is 0 Å². The molecule has 2 atom stereocenters. The molecule has 0 aromatic carbocycles. The normalized spacial score (nSPS) is 20.2. The quantitative estimate of drug-likeness (QED) is 0.595. The van der Waals surface area contributed by atoms with Crippen LogP contribution in [0.4, 0.5) is 0 Å². The molecule has 0 aromatic heterocycles. The first kappa shape index (κ1) is 12.9. The molecule has 0 aromatic rings. The van der Waals surface area contributed by atoms with Crippen LogP contribution in [-0.2, 0) is 9.47 Å². The Morgan fingerprint density at radius 3 is 2.60 bits per heavy atom. The average Bonchev–Trinajstić information content (AvgIpc) is 3.05. The van der Waals surface area contributed by atoms with Gasteiger partial charge in [-0.05, 0) is 32.1 Å². The van der Waals surface area contributed by atoms with Crippen LogP contribution < -0.4 is 5.32 Å². The van der Waals surface area contributed by atoms with Crippen LogP contribution in [0.2, 0.25) is 0 Å². The first-order chi connectivity index (χ1) is 7.27. The van der Waals surface area contributed by atoms with E-state index in [0.717, 1.165) is 12.5 Å². The first-order valence-corrected chi connectivity index (χ1v) is 6.10. The summed E-state index contributed by atoms with van der Waals surface area (Å²) in [6.45, 7) is 6.62. The largest absolute Gasteiger partial charge is 0.382 e. The maximum Gasteiger partial charge on any atom is 0.0701 e. The fourth-order valence-corrected chi connectivity index (χ4v) is 1.90. The van der Waals surface area contributed by atoms with Crippen molar-refractivity contribution in [3.05, 3.63) is 0 Å². The summed E-state index contributed by atoms with van der Waals surface area (Å²) >= 11 is 0. The lowest BCUT2D eigenvalue weighted by Gasteiger charge is -2.22. The zero-order valence-electron chi connectivity index (χ0n) is 10.3. The van der Waals surface area contributed by atoms with E-state index in [1.165, 1.54) is 19.3 Å². The minimum atomic E-state index is 0.451. The first-order valence-electron chi connectivity index (χ1n) is 6.10. The van der Waals surface area contributed by atoms with Crippen molar-refractivity contribution < 1.29 is 9.47 Å². The highest BCUT2D eigenvalue weighted by Gasteiger charge is 2.30. The zero-order chi connectivity index (χ0) is 11.1. The Bertz CT molecular complexity index is 160. The molecule has 0 radical (unpaired) electrons. The van der Waals surface area contributed by atoms with Crippen molar-refractivity contribution in [3.63, 3.8) is 0 Å². The molecule has 0 bridgehead atoms. The lowest BCUT2D eigenvalue weighted by molar-refractivity contribution is 0.0588. The maximum absolute atomic E-state index is 5.49. The molecule has 1 saturated carbocycles. The van der Waals surface area contributed by atoms with Gasteiger partial charge in [0.05, 0.1) is 19.8 Å². The predicted molar refractivity (Wildman–Crippen MR) is 62.1 cm³/mol. The Morgan fingerprint density at radius 2 is 2.07 bits per heavy atom. The maximum atomic E-state index is 5.49. The monoisotopic (exact) mass is 215 g/mol. The van der Waals surface area contributed by atoms with E-state index in [1.807, 2.05) is 0 Å². The molecule has 0 aliphatic heterocycles. The second-order valence-corrected chi connectivity index (χ2v) is 4.49. The van der Waals surface area contributed by atoms with Gasteiger partial charge in [0.2, 0.25) is 0 Å². The summed E-state index contributed by atoms with van der Waals surface area (Å²) in [4.78, 5) is 0. The van der Waals surface area contributed by atoms with Gasteiger partial charge in [-0.25, -0.2) is 0 Å². The highest BCUT2D eigenvalue weighted by atomic mass is 16.5. The van der Waals surface area contributed by atoms with Crippen LogP contribution in [0.5, 0.6) is 0 Å². The molecule has 0 heterocycles. The molecule has 1 N–H and O–H groups in total. The summed E-state index contributed by atoms with van der Waals surface area (Å²) in [7, 11) is 1.70. The smallest absolute Gasteiger partial charge is 0.0701 e. The van der Waals surface area contributed by atoms with E-state index in [4.69, 9.17) is 9.47 Å². The van der Waals surface area contributed by atoms with Crippen molar-refractivity contribution in [1.82, 2.24) is 5.32 Å². The lowest BCUT2D eigenvalue weighted by Crippen LogP contribution is -2.40. The summed E-state index contributed by atoms with van der Waals surface area (Å²) in [6, 6.07) is 1.15. The lowest BCUT2D eigenvalue weighted by atomic mass is 10.1. The van der Waals surface area contributed by atoms with Gasteiger partial charge in [-0.1, -0.05) is 6.92 Å². The molecular formula is C12H25NO2.